The highest BCUT2D eigenvalue weighted by atomic mass is 16.6. The summed E-state index contributed by atoms with van der Waals surface area (Å²) in [5.74, 6) is 1.88. The normalized spacial score (nSPS) is 14.5. The fraction of sp³-hybridized carbons (Fsp3) is 0.941. The second-order valence-corrected chi connectivity index (χ2v) is 6.92. The zero-order chi connectivity index (χ0) is 17.1. The third-order valence-corrected chi connectivity index (χ3v) is 3.76. The average molecular weight is 317 g/mol. The van der Waals surface area contributed by atoms with Crippen LogP contribution >= 0.6 is 0 Å². The Bertz CT molecular complexity index is 292. The van der Waals surface area contributed by atoms with Crippen LogP contribution in [0.2, 0.25) is 0 Å². The van der Waals surface area contributed by atoms with Gasteiger partial charge in [0, 0.05) is 6.04 Å². The highest BCUT2D eigenvalue weighted by Gasteiger charge is 2.29. The average Bonchev–Trinajstić information content (AvgIpc) is 2.41. The maximum absolute atomic E-state index is 12.0. The van der Waals surface area contributed by atoms with Gasteiger partial charge in [-0.2, -0.15) is 0 Å². The van der Waals surface area contributed by atoms with Crippen LogP contribution in [-0.4, -0.2) is 43.7 Å². The van der Waals surface area contributed by atoms with E-state index in [0.717, 1.165) is 6.42 Å². The highest BCUT2D eigenvalue weighted by Crippen LogP contribution is 2.27. The summed E-state index contributed by atoms with van der Waals surface area (Å²) < 4.78 is 10.2. The van der Waals surface area contributed by atoms with Gasteiger partial charge in [-0.1, -0.05) is 41.5 Å². The zero-order valence-electron chi connectivity index (χ0n) is 15.1. The van der Waals surface area contributed by atoms with Crippen molar-refractivity contribution in [3.63, 3.8) is 0 Å². The number of alkyl carbamates (subject to hydrolysis) is 1. The van der Waals surface area contributed by atoms with Crippen LogP contribution in [0.25, 0.3) is 0 Å². The summed E-state index contributed by atoms with van der Waals surface area (Å²) in [4.78, 5) is 12.0. The molecule has 0 radical (unpaired) electrons. The van der Waals surface area contributed by atoms with Gasteiger partial charge in [-0.15, -0.1) is 0 Å². The number of hydrogen-bond donors (Lipinski definition) is 2. The Kier molecular flexibility index (Phi) is 11.3. The van der Waals surface area contributed by atoms with Crippen LogP contribution in [0.15, 0.2) is 0 Å². The molecule has 0 rings (SSSR count). The summed E-state index contributed by atoms with van der Waals surface area (Å²) in [6.45, 7) is 13.9. The molecule has 0 fully saturated rings. The van der Waals surface area contributed by atoms with Crippen LogP contribution in [0.5, 0.6) is 0 Å². The molecule has 1 amide bonds. The monoisotopic (exact) mass is 317 g/mol. The Morgan fingerprint density at radius 3 is 2.09 bits per heavy atom. The minimum Gasteiger partial charge on any atom is -0.447 e. The van der Waals surface area contributed by atoms with E-state index in [0.29, 0.717) is 30.3 Å². The van der Waals surface area contributed by atoms with Crippen molar-refractivity contribution in [2.24, 2.45) is 23.7 Å². The number of rotatable bonds is 11. The molecule has 0 aromatic heterocycles. The Morgan fingerprint density at radius 2 is 1.64 bits per heavy atom. The van der Waals surface area contributed by atoms with Gasteiger partial charge in [-0.25, -0.2) is 4.79 Å². The number of amides is 1. The third kappa shape index (κ3) is 9.26. The molecule has 132 valence electrons. The van der Waals surface area contributed by atoms with E-state index in [1.165, 1.54) is 0 Å². The maximum atomic E-state index is 12.0. The van der Waals surface area contributed by atoms with Crippen molar-refractivity contribution in [3.05, 3.63) is 0 Å². The lowest BCUT2D eigenvalue weighted by Gasteiger charge is -2.34. The first-order valence-corrected chi connectivity index (χ1v) is 8.41. The molecular weight excluding hydrogens is 282 g/mol. The summed E-state index contributed by atoms with van der Waals surface area (Å²) in [6.07, 6.45) is 0.695. The fourth-order valence-corrected chi connectivity index (χ4v) is 2.68. The first kappa shape index (κ1) is 21.2. The van der Waals surface area contributed by atoms with Crippen LogP contribution in [0.1, 0.15) is 48.0 Å². The maximum Gasteiger partial charge on any atom is 0.407 e. The molecule has 0 aliphatic heterocycles. The minimum absolute atomic E-state index is 0.0209. The van der Waals surface area contributed by atoms with Gasteiger partial charge in [0.2, 0.25) is 0 Å². The highest BCUT2D eigenvalue weighted by molar-refractivity contribution is 5.67. The number of nitrogens with one attached hydrogen (secondary N) is 1. The van der Waals surface area contributed by atoms with E-state index in [1.54, 1.807) is 0 Å². The molecule has 22 heavy (non-hydrogen) atoms. The quantitative estimate of drug-likeness (QED) is 0.575. The molecule has 5 nitrogen and oxygen atoms in total. The molecule has 0 aromatic carbocycles. The molecular formula is C17H35NO4. The Hall–Kier alpha value is -0.810. The molecule has 0 aromatic rings. The van der Waals surface area contributed by atoms with Crippen molar-refractivity contribution < 1.29 is 19.4 Å². The van der Waals surface area contributed by atoms with Crippen molar-refractivity contribution in [2.45, 2.75) is 54.0 Å². The lowest BCUT2D eigenvalue weighted by molar-refractivity contribution is 0.0504. The lowest BCUT2D eigenvalue weighted by atomic mass is 9.78. The number of hydrogen-bond acceptors (Lipinski definition) is 4. The van der Waals surface area contributed by atoms with Gasteiger partial charge in [0.1, 0.15) is 6.61 Å². The van der Waals surface area contributed by atoms with E-state index in [9.17, 15) is 4.79 Å². The van der Waals surface area contributed by atoms with E-state index in [2.05, 4.69) is 46.9 Å². The van der Waals surface area contributed by atoms with Crippen LogP contribution < -0.4 is 5.32 Å². The first-order valence-electron chi connectivity index (χ1n) is 8.41. The first-order chi connectivity index (χ1) is 10.3. The fourth-order valence-electron chi connectivity index (χ4n) is 2.68. The smallest absolute Gasteiger partial charge is 0.407 e. The number of aliphatic hydroxyl groups is 1. The van der Waals surface area contributed by atoms with E-state index in [-0.39, 0.29) is 32.0 Å². The van der Waals surface area contributed by atoms with Crippen molar-refractivity contribution >= 4 is 6.09 Å². The minimum atomic E-state index is -0.388. The second kappa shape index (κ2) is 11.7. The van der Waals surface area contributed by atoms with Gasteiger partial charge >= 0.3 is 6.09 Å². The Labute approximate surface area is 135 Å². The van der Waals surface area contributed by atoms with Gasteiger partial charge in [0.25, 0.3) is 0 Å². The second-order valence-electron chi connectivity index (χ2n) is 6.92. The topological polar surface area (TPSA) is 67.8 Å². The van der Waals surface area contributed by atoms with Crippen LogP contribution in [-0.2, 0) is 9.47 Å². The molecule has 2 N–H and O–H groups in total. The number of carbonyl (C=O) groups is 1. The molecule has 0 spiro atoms. The van der Waals surface area contributed by atoms with Crippen molar-refractivity contribution in [3.8, 4) is 0 Å². The predicted molar refractivity (Wildman–Crippen MR) is 88.8 cm³/mol. The van der Waals surface area contributed by atoms with Crippen molar-refractivity contribution in [2.75, 3.05) is 26.4 Å². The molecule has 0 saturated carbocycles. The summed E-state index contributed by atoms with van der Waals surface area (Å²) in [7, 11) is 0. The van der Waals surface area contributed by atoms with Gasteiger partial charge in [0.15, 0.2) is 0 Å². The summed E-state index contributed by atoms with van der Waals surface area (Å²) in [5, 5.41) is 11.6. The molecule has 5 heteroatoms. The standard InChI is InChI=1S/C17H35NO4/c1-12(2)11-15(13(3)4)16(14(5)6)18-17(20)22-10-9-21-8-7-19/h12-16,19H,7-11H2,1-6H3,(H,18,20). The van der Waals surface area contributed by atoms with Gasteiger partial charge in [-0.05, 0) is 30.1 Å². The Balaban J connectivity index is 4.45. The van der Waals surface area contributed by atoms with Crippen LogP contribution in [0.3, 0.4) is 0 Å². The van der Waals surface area contributed by atoms with Gasteiger partial charge < -0.3 is 19.9 Å². The predicted octanol–water partition coefficient (Wildman–Crippen LogP) is 3.06. The van der Waals surface area contributed by atoms with E-state index in [4.69, 9.17) is 14.6 Å². The molecule has 0 bridgehead atoms. The lowest BCUT2D eigenvalue weighted by Crippen LogP contribution is -2.46. The Morgan fingerprint density at radius 1 is 1.00 bits per heavy atom. The van der Waals surface area contributed by atoms with Crippen molar-refractivity contribution in [1.82, 2.24) is 5.32 Å². The molecule has 2 atom stereocenters. The molecule has 2 unspecified atom stereocenters. The third-order valence-electron chi connectivity index (χ3n) is 3.76. The van der Waals surface area contributed by atoms with Crippen molar-refractivity contribution in [1.29, 1.82) is 0 Å². The van der Waals surface area contributed by atoms with E-state index < -0.39 is 0 Å². The number of carbonyl (C=O) groups excluding carboxylic acids is 1. The zero-order valence-corrected chi connectivity index (χ0v) is 15.1. The summed E-state index contributed by atoms with van der Waals surface area (Å²) >= 11 is 0. The number of ether oxygens (including phenoxy) is 2. The SMILES string of the molecule is CC(C)CC(C(C)C)C(NC(=O)OCCOCCO)C(C)C. The summed E-state index contributed by atoms with van der Waals surface area (Å²) in [5.41, 5.74) is 0. The van der Waals surface area contributed by atoms with Gasteiger partial charge in [-0.3, -0.25) is 0 Å². The molecule has 0 saturated heterocycles. The van der Waals surface area contributed by atoms with E-state index >= 15 is 0 Å². The molecule has 0 aliphatic rings. The van der Waals surface area contributed by atoms with Gasteiger partial charge in [0.05, 0.1) is 19.8 Å². The van der Waals surface area contributed by atoms with Crippen LogP contribution in [0, 0.1) is 23.7 Å². The van der Waals surface area contributed by atoms with E-state index in [1.807, 2.05) is 0 Å². The number of aliphatic hydroxyl groups excluding tert-OH is 1. The summed E-state index contributed by atoms with van der Waals surface area (Å²) in [6, 6.07) is 0.105. The molecule has 0 aliphatic carbocycles. The largest absolute Gasteiger partial charge is 0.447 e. The molecule has 0 heterocycles. The van der Waals surface area contributed by atoms with Crippen LogP contribution in [0.4, 0.5) is 4.79 Å².